The van der Waals surface area contributed by atoms with Crippen LogP contribution in [0.15, 0.2) is 24.3 Å². The van der Waals surface area contributed by atoms with E-state index in [1.807, 2.05) is 0 Å². The molecule has 1 aromatic carbocycles. The van der Waals surface area contributed by atoms with Gasteiger partial charge in [0.05, 0.1) is 7.11 Å². The first kappa shape index (κ1) is 15.1. The Hall–Kier alpha value is -1.99. The minimum Gasteiger partial charge on any atom is -0.349 e. The van der Waals surface area contributed by atoms with Gasteiger partial charge in [0.1, 0.15) is 5.82 Å². The quantitative estimate of drug-likeness (QED) is 0.504. The molecule has 0 aromatic heterocycles. The van der Waals surface area contributed by atoms with Gasteiger partial charge in [-0.15, -0.1) is 0 Å². The van der Waals surface area contributed by atoms with Gasteiger partial charge in [-0.05, 0) is 17.7 Å². The molecule has 0 heterocycles. The van der Waals surface area contributed by atoms with Gasteiger partial charge in [0.15, 0.2) is 6.17 Å². The summed E-state index contributed by atoms with van der Waals surface area (Å²) in [7, 11) is 1.34. The number of halogens is 1. The first-order valence-electron chi connectivity index (χ1n) is 5.60. The second-order valence-electron chi connectivity index (χ2n) is 3.80. The summed E-state index contributed by atoms with van der Waals surface area (Å²) >= 11 is 0. The van der Waals surface area contributed by atoms with Gasteiger partial charge in [-0.2, -0.15) is 5.48 Å². The molecule has 0 saturated carbocycles. The molecular formula is C12H16FN3O3. The fourth-order valence-corrected chi connectivity index (χ4v) is 1.36. The summed E-state index contributed by atoms with van der Waals surface area (Å²) in [4.78, 5) is 27.3. The van der Waals surface area contributed by atoms with Gasteiger partial charge in [0, 0.05) is 13.5 Å². The van der Waals surface area contributed by atoms with Crippen LogP contribution >= 0.6 is 0 Å². The largest absolute Gasteiger partial charge is 0.349 e. The summed E-state index contributed by atoms with van der Waals surface area (Å²) in [5, 5.41) is 4.97. The lowest BCUT2D eigenvalue weighted by atomic mass is 10.2. The standard InChI is InChI=1S/C12H16FN3O3/c1-8(17)15-11(16-19-2)12(18)14-7-9-3-5-10(13)6-4-9/h3-6,11,16H,7H2,1-2H3,(H,14,18)(H,15,17)/t11-/m1/s1. The van der Waals surface area contributed by atoms with E-state index in [-0.39, 0.29) is 18.3 Å². The van der Waals surface area contributed by atoms with Crippen molar-refractivity contribution in [1.82, 2.24) is 16.1 Å². The van der Waals surface area contributed by atoms with E-state index >= 15 is 0 Å². The normalized spacial score (nSPS) is 11.7. The summed E-state index contributed by atoms with van der Waals surface area (Å²) in [6.07, 6.45) is -0.983. The number of rotatable bonds is 6. The molecule has 0 fully saturated rings. The van der Waals surface area contributed by atoms with Gasteiger partial charge in [0.2, 0.25) is 5.91 Å². The van der Waals surface area contributed by atoms with Crippen LogP contribution in [0.2, 0.25) is 0 Å². The third-order valence-corrected chi connectivity index (χ3v) is 2.23. The highest BCUT2D eigenvalue weighted by Crippen LogP contribution is 2.02. The van der Waals surface area contributed by atoms with Crippen molar-refractivity contribution in [3.05, 3.63) is 35.6 Å². The average molecular weight is 269 g/mol. The van der Waals surface area contributed by atoms with Crippen LogP contribution in [0.4, 0.5) is 4.39 Å². The third-order valence-electron chi connectivity index (χ3n) is 2.23. The zero-order valence-corrected chi connectivity index (χ0v) is 10.7. The first-order chi connectivity index (χ1) is 9.02. The second kappa shape index (κ2) is 7.45. The predicted molar refractivity (Wildman–Crippen MR) is 66.0 cm³/mol. The molecule has 0 spiro atoms. The Morgan fingerprint density at radius 3 is 2.47 bits per heavy atom. The molecule has 0 radical (unpaired) electrons. The number of amides is 2. The summed E-state index contributed by atoms with van der Waals surface area (Å²) in [5.74, 6) is -1.17. The fourth-order valence-electron chi connectivity index (χ4n) is 1.36. The number of hydroxylamine groups is 1. The Labute approximate surface area is 110 Å². The van der Waals surface area contributed by atoms with Crippen molar-refractivity contribution < 1.29 is 18.8 Å². The van der Waals surface area contributed by atoms with E-state index in [4.69, 9.17) is 0 Å². The van der Waals surface area contributed by atoms with Gasteiger partial charge in [-0.25, -0.2) is 4.39 Å². The second-order valence-corrected chi connectivity index (χ2v) is 3.80. The van der Waals surface area contributed by atoms with Crippen LogP contribution in [0.25, 0.3) is 0 Å². The molecule has 3 N–H and O–H groups in total. The molecule has 1 aromatic rings. The number of hydrogen-bond acceptors (Lipinski definition) is 4. The van der Waals surface area contributed by atoms with Gasteiger partial charge in [-0.1, -0.05) is 12.1 Å². The van der Waals surface area contributed by atoms with Gasteiger partial charge >= 0.3 is 0 Å². The lowest BCUT2D eigenvalue weighted by Crippen LogP contribution is -2.54. The summed E-state index contributed by atoms with van der Waals surface area (Å²) in [5.41, 5.74) is 3.10. The number of hydrogen-bond donors (Lipinski definition) is 3. The molecule has 0 aliphatic rings. The van der Waals surface area contributed by atoms with Crippen molar-refractivity contribution in [3.8, 4) is 0 Å². The average Bonchev–Trinajstić information content (AvgIpc) is 2.37. The maximum Gasteiger partial charge on any atom is 0.259 e. The Balaban J connectivity index is 2.51. The molecule has 6 nitrogen and oxygen atoms in total. The van der Waals surface area contributed by atoms with Crippen molar-refractivity contribution in [2.45, 2.75) is 19.6 Å². The van der Waals surface area contributed by atoms with Crippen molar-refractivity contribution in [2.75, 3.05) is 7.11 Å². The molecule has 19 heavy (non-hydrogen) atoms. The van der Waals surface area contributed by atoms with E-state index in [0.717, 1.165) is 5.56 Å². The van der Waals surface area contributed by atoms with Crippen molar-refractivity contribution in [3.63, 3.8) is 0 Å². The minimum absolute atomic E-state index is 0.223. The van der Waals surface area contributed by atoms with E-state index in [2.05, 4.69) is 21.0 Å². The number of carbonyl (C=O) groups is 2. The molecule has 1 rings (SSSR count). The Kier molecular flexibility index (Phi) is 5.91. The van der Waals surface area contributed by atoms with Crippen LogP contribution in [-0.2, 0) is 21.0 Å². The molecule has 1 atom stereocenters. The van der Waals surface area contributed by atoms with E-state index in [0.29, 0.717) is 0 Å². The van der Waals surface area contributed by atoms with Crippen molar-refractivity contribution >= 4 is 11.8 Å². The van der Waals surface area contributed by atoms with Gasteiger partial charge in [-0.3, -0.25) is 9.59 Å². The molecule has 0 bridgehead atoms. The van der Waals surface area contributed by atoms with Crippen molar-refractivity contribution in [2.24, 2.45) is 0 Å². The SMILES string of the molecule is CON[C@@H](NC(C)=O)C(=O)NCc1ccc(F)cc1. The van der Waals surface area contributed by atoms with Crippen LogP contribution in [0, 0.1) is 5.82 Å². The molecule has 2 amide bonds. The number of carbonyl (C=O) groups excluding carboxylic acids is 2. The third kappa shape index (κ3) is 5.45. The zero-order chi connectivity index (χ0) is 14.3. The highest BCUT2D eigenvalue weighted by Gasteiger charge is 2.18. The first-order valence-corrected chi connectivity index (χ1v) is 5.60. The van der Waals surface area contributed by atoms with Gasteiger partial charge in [0.25, 0.3) is 5.91 Å². The zero-order valence-electron chi connectivity index (χ0n) is 10.7. The number of nitrogens with one attached hydrogen (secondary N) is 3. The van der Waals surface area contributed by atoms with Crippen LogP contribution < -0.4 is 16.1 Å². The lowest BCUT2D eigenvalue weighted by Gasteiger charge is -2.17. The monoisotopic (exact) mass is 269 g/mol. The van der Waals surface area contributed by atoms with E-state index in [1.54, 1.807) is 12.1 Å². The summed E-state index contributed by atoms with van der Waals surface area (Å²) in [6.45, 7) is 1.51. The molecule has 0 unspecified atom stereocenters. The molecular weight excluding hydrogens is 253 g/mol. The molecule has 0 saturated heterocycles. The van der Waals surface area contributed by atoms with Crippen LogP contribution in [-0.4, -0.2) is 25.1 Å². The smallest absolute Gasteiger partial charge is 0.259 e. The Morgan fingerprint density at radius 2 is 1.95 bits per heavy atom. The molecule has 104 valence electrons. The fraction of sp³-hybridized carbons (Fsp3) is 0.333. The number of benzene rings is 1. The van der Waals surface area contributed by atoms with E-state index in [9.17, 15) is 14.0 Å². The molecule has 0 aliphatic carbocycles. The van der Waals surface area contributed by atoms with Crippen LogP contribution in [0.1, 0.15) is 12.5 Å². The van der Waals surface area contributed by atoms with Crippen LogP contribution in [0.3, 0.4) is 0 Å². The lowest BCUT2D eigenvalue weighted by molar-refractivity contribution is -0.133. The predicted octanol–water partition coefficient (Wildman–Crippen LogP) is 0.0551. The summed E-state index contributed by atoms with van der Waals surface area (Å²) < 4.78 is 12.7. The van der Waals surface area contributed by atoms with E-state index < -0.39 is 12.1 Å². The van der Waals surface area contributed by atoms with Crippen molar-refractivity contribution in [1.29, 1.82) is 0 Å². The summed E-state index contributed by atoms with van der Waals surface area (Å²) in [6, 6.07) is 5.74. The maximum atomic E-state index is 12.7. The topological polar surface area (TPSA) is 79.5 Å². The Morgan fingerprint density at radius 1 is 1.32 bits per heavy atom. The van der Waals surface area contributed by atoms with E-state index in [1.165, 1.54) is 26.2 Å². The molecule has 7 heteroatoms. The molecule has 0 aliphatic heterocycles. The maximum absolute atomic E-state index is 12.7. The highest BCUT2D eigenvalue weighted by atomic mass is 19.1. The Bertz CT molecular complexity index is 436. The van der Waals surface area contributed by atoms with Crippen LogP contribution in [0.5, 0.6) is 0 Å². The minimum atomic E-state index is -0.983. The highest BCUT2D eigenvalue weighted by molar-refractivity contribution is 5.86. The van der Waals surface area contributed by atoms with Gasteiger partial charge < -0.3 is 15.5 Å².